The molecular weight excluding hydrogens is 290 g/mol. The molecule has 0 unspecified atom stereocenters. The van der Waals surface area contributed by atoms with Gasteiger partial charge < -0.3 is 10.1 Å². The first-order chi connectivity index (χ1) is 11.2. The van der Waals surface area contributed by atoms with E-state index in [9.17, 15) is 9.59 Å². The third-order valence-corrected chi connectivity index (χ3v) is 3.23. The highest BCUT2D eigenvalue weighted by Gasteiger charge is 2.07. The summed E-state index contributed by atoms with van der Waals surface area (Å²) in [5.41, 5.74) is 2.68. The van der Waals surface area contributed by atoms with Gasteiger partial charge in [0.25, 0.3) is 5.91 Å². The van der Waals surface area contributed by atoms with Gasteiger partial charge in [-0.05, 0) is 29.7 Å². The van der Waals surface area contributed by atoms with E-state index in [1.807, 2.05) is 61.5 Å². The maximum atomic E-state index is 11.8. The summed E-state index contributed by atoms with van der Waals surface area (Å²) in [6.07, 6.45) is 3.77. The van der Waals surface area contributed by atoms with Crippen molar-refractivity contribution in [2.75, 3.05) is 11.9 Å². The highest BCUT2D eigenvalue weighted by molar-refractivity contribution is 5.95. The number of ether oxygens (including phenoxy) is 1. The predicted octanol–water partition coefficient (Wildman–Crippen LogP) is 3.44. The summed E-state index contributed by atoms with van der Waals surface area (Å²) in [7, 11) is 0. The number of nitrogens with one attached hydrogen (secondary N) is 1. The quantitative estimate of drug-likeness (QED) is 0.657. The molecule has 0 bridgehead atoms. The van der Waals surface area contributed by atoms with Crippen molar-refractivity contribution in [2.45, 2.75) is 13.3 Å². The molecule has 0 saturated carbocycles. The van der Waals surface area contributed by atoms with Gasteiger partial charge in [-0.2, -0.15) is 0 Å². The van der Waals surface area contributed by atoms with Crippen molar-refractivity contribution in [2.24, 2.45) is 0 Å². The van der Waals surface area contributed by atoms with E-state index in [2.05, 4.69) is 5.32 Å². The first-order valence-electron chi connectivity index (χ1n) is 7.46. The molecule has 2 aromatic carbocycles. The second-order valence-corrected chi connectivity index (χ2v) is 4.91. The number of carbonyl (C=O) groups is 2. The van der Waals surface area contributed by atoms with Gasteiger partial charge in [-0.3, -0.25) is 4.79 Å². The summed E-state index contributed by atoms with van der Waals surface area (Å²) in [6, 6.07) is 16.9. The summed E-state index contributed by atoms with van der Waals surface area (Å²) < 4.78 is 4.93. The Bertz CT molecular complexity index is 693. The lowest BCUT2D eigenvalue weighted by Crippen LogP contribution is -2.20. The van der Waals surface area contributed by atoms with Crippen LogP contribution in [0.2, 0.25) is 0 Å². The maximum absolute atomic E-state index is 11.8. The zero-order chi connectivity index (χ0) is 16.5. The molecule has 0 aliphatic rings. The average molecular weight is 309 g/mol. The summed E-state index contributed by atoms with van der Waals surface area (Å²) >= 11 is 0. The molecule has 118 valence electrons. The van der Waals surface area contributed by atoms with Gasteiger partial charge in [0.2, 0.25) is 0 Å². The fourth-order valence-corrected chi connectivity index (χ4v) is 2.05. The van der Waals surface area contributed by atoms with Crippen LogP contribution < -0.4 is 5.32 Å². The highest BCUT2D eigenvalue weighted by atomic mass is 16.5. The fraction of sp³-hybridized carbons (Fsp3) is 0.158. The van der Waals surface area contributed by atoms with Gasteiger partial charge in [0.1, 0.15) is 0 Å². The van der Waals surface area contributed by atoms with Crippen molar-refractivity contribution >= 4 is 23.6 Å². The molecule has 0 aromatic heterocycles. The van der Waals surface area contributed by atoms with Crippen LogP contribution in [-0.4, -0.2) is 18.5 Å². The normalized spacial score (nSPS) is 10.5. The van der Waals surface area contributed by atoms with Crippen LogP contribution in [-0.2, 0) is 20.7 Å². The first kappa shape index (κ1) is 16.5. The van der Waals surface area contributed by atoms with E-state index in [0.29, 0.717) is 0 Å². The number of anilines is 1. The van der Waals surface area contributed by atoms with E-state index >= 15 is 0 Å². The lowest BCUT2D eigenvalue weighted by Gasteiger charge is -2.09. The number of para-hydroxylation sites is 1. The smallest absolute Gasteiger partial charge is 0.331 e. The molecule has 0 radical (unpaired) electrons. The fourth-order valence-electron chi connectivity index (χ4n) is 2.05. The maximum Gasteiger partial charge on any atom is 0.331 e. The lowest BCUT2D eigenvalue weighted by molar-refractivity contribution is -0.142. The highest BCUT2D eigenvalue weighted by Crippen LogP contribution is 2.15. The molecule has 23 heavy (non-hydrogen) atoms. The monoisotopic (exact) mass is 309 g/mol. The molecule has 0 spiro atoms. The molecule has 0 saturated heterocycles. The Kier molecular flexibility index (Phi) is 6.12. The molecule has 0 heterocycles. The predicted molar refractivity (Wildman–Crippen MR) is 90.9 cm³/mol. The van der Waals surface area contributed by atoms with E-state index in [0.717, 1.165) is 23.2 Å². The minimum Gasteiger partial charge on any atom is -0.452 e. The Labute approximate surface area is 135 Å². The van der Waals surface area contributed by atoms with Gasteiger partial charge >= 0.3 is 5.97 Å². The number of hydrogen-bond acceptors (Lipinski definition) is 3. The molecule has 1 amide bonds. The summed E-state index contributed by atoms with van der Waals surface area (Å²) in [5.74, 6) is -0.903. The van der Waals surface area contributed by atoms with Crippen LogP contribution in [0, 0.1) is 0 Å². The largest absolute Gasteiger partial charge is 0.452 e. The summed E-state index contributed by atoms with van der Waals surface area (Å²) in [5, 5.41) is 2.75. The Morgan fingerprint density at radius 3 is 2.48 bits per heavy atom. The zero-order valence-electron chi connectivity index (χ0n) is 13.0. The number of rotatable bonds is 6. The van der Waals surface area contributed by atoms with Gasteiger partial charge in [0, 0.05) is 11.8 Å². The summed E-state index contributed by atoms with van der Waals surface area (Å²) in [4.78, 5) is 23.5. The Balaban J connectivity index is 1.82. The van der Waals surface area contributed by atoms with Crippen molar-refractivity contribution < 1.29 is 14.3 Å². The molecule has 0 fully saturated rings. The second kappa shape index (κ2) is 8.54. The number of esters is 1. The summed E-state index contributed by atoms with van der Waals surface area (Å²) in [6.45, 7) is 1.70. The van der Waals surface area contributed by atoms with Crippen LogP contribution in [0.25, 0.3) is 6.08 Å². The average Bonchev–Trinajstić information content (AvgIpc) is 2.59. The van der Waals surface area contributed by atoms with Gasteiger partial charge in [-0.25, -0.2) is 4.79 Å². The van der Waals surface area contributed by atoms with Crippen LogP contribution >= 0.6 is 0 Å². The van der Waals surface area contributed by atoms with Crippen molar-refractivity contribution in [1.82, 2.24) is 0 Å². The van der Waals surface area contributed by atoms with Crippen LogP contribution in [0.4, 0.5) is 5.69 Å². The number of aryl methyl sites for hydroxylation is 1. The number of hydrogen-bond donors (Lipinski definition) is 1. The van der Waals surface area contributed by atoms with E-state index < -0.39 is 5.97 Å². The van der Waals surface area contributed by atoms with Crippen LogP contribution in [0.5, 0.6) is 0 Å². The zero-order valence-corrected chi connectivity index (χ0v) is 13.0. The third kappa shape index (κ3) is 5.43. The first-order valence-corrected chi connectivity index (χ1v) is 7.46. The van der Waals surface area contributed by atoms with Crippen LogP contribution in [0.3, 0.4) is 0 Å². The third-order valence-electron chi connectivity index (χ3n) is 3.23. The van der Waals surface area contributed by atoms with E-state index in [1.165, 1.54) is 6.08 Å². The topological polar surface area (TPSA) is 55.4 Å². The van der Waals surface area contributed by atoms with Gasteiger partial charge in [-0.15, -0.1) is 0 Å². The van der Waals surface area contributed by atoms with E-state index in [-0.39, 0.29) is 12.5 Å². The molecule has 4 heteroatoms. The van der Waals surface area contributed by atoms with Gasteiger partial charge in [-0.1, -0.05) is 55.5 Å². The SMILES string of the molecule is CCc1ccccc1NC(=O)COC(=O)/C=C/c1ccccc1. The van der Waals surface area contributed by atoms with Crippen molar-refractivity contribution in [3.63, 3.8) is 0 Å². The molecule has 0 aliphatic heterocycles. The van der Waals surface area contributed by atoms with Crippen LogP contribution in [0.15, 0.2) is 60.7 Å². The van der Waals surface area contributed by atoms with Crippen molar-refractivity contribution in [3.05, 3.63) is 71.8 Å². The van der Waals surface area contributed by atoms with E-state index in [1.54, 1.807) is 6.08 Å². The Morgan fingerprint density at radius 2 is 1.74 bits per heavy atom. The van der Waals surface area contributed by atoms with Gasteiger partial charge in [0.15, 0.2) is 6.61 Å². The second-order valence-electron chi connectivity index (χ2n) is 4.91. The van der Waals surface area contributed by atoms with Crippen molar-refractivity contribution in [1.29, 1.82) is 0 Å². The molecule has 2 aromatic rings. The molecule has 0 aliphatic carbocycles. The molecular formula is C19H19NO3. The lowest BCUT2D eigenvalue weighted by atomic mass is 10.1. The number of carbonyl (C=O) groups excluding carboxylic acids is 2. The number of benzene rings is 2. The minimum absolute atomic E-state index is 0.310. The molecule has 2 rings (SSSR count). The van der Waals surface area contributed by atoms with Crippen LogP contribution in [0.1, 0.15) is 18.1 Å². The van der Waals surface area contributed by atoms with Gasteiger partial charge in [0.05, 0.1) is 0 Å². The Morgan fingerprint density at radius 1 is 1.04 bits per heavy atom. The molecule has 4 nitrogen and oxygen atoms in total. The standard InChI is InChI=1S/C19H19NO3/c1-2-16-10-6-7-11-17(16)20-18(21)14-23-19(22)13-12-15-8-4-3-5-9-15/h3-13H,2,14H2,1H3,(H,20,21)/b13-12+. The van der Waals surface area contributed by atoms with E-state index in [4.69, 9.17) is 4.74 Å². The minimum atomic E-state index is -0.548. The molecule has 0 atom stereocenters. The van der Waals surface area contributed by atoms with Crippen molar-refractivity contribution in [3.8, 4) is 0 Å². The Hall–Kier alpha value is -2.88. The molecule has 1 N–H and O–H groups in total. The number of amides is 1.